The summed E-state index contributed by atoms with van der Waals surface area (Å²) in [5, 5.41) is 0. The van der Waals surface area contributed by atoms with E-state index in [0.717, 1.165) is 12.8 Å². The normalized spacial score (nSPS) is 15.1. The van der Waals surface area contributed by atoms with E-state index < -0.39 is 0 Å². The van der Waals surface area contributed by atoms with Crippen molar-refractivity contribution in [1.82, 2.24) is 0 Å². The van der Waals surface area contributed by atoms with Gasteiger partial charge in [-0.1, -0.05) is 35.7 Å². The van der Waals surface area contributed by atoms with Crippen LogP contribution >= 0.6 is 15.9 Å². The van der Waals surface area contributed by atoms with Crippen molar-refractivity contribution in [2.75, 3.05) is 7.11 Å². The van der Waals surface area contributed by atoms with Crippen molar-refractivity contribution in [2.24, 2.45) is 0 Å². The Morgan fingerprint density at radius 1 is 1.46 bits per heavy atom. The second-order valence-corrected chi connectivity index (χ2v) is 5.51. The van der Waals surface area contributed by atoms with E-state index in [1.165, 1.54) is 20.0 Å². The van der Waals surface area contributed by atoms with Gasteiger partial charge in [-0.2, -0.15) is 0 Å². The summed E-state index contributed by atoms with van der Waals surface area (Å²) >= 11 is 3.63. The zero-order valence-corrected chi connectivity index (χ0v) is 10.3. The van der Waals surface area contributed by atoms with Gasteiger partial charge < -0.3 is 4.74 Å². The summed E-state index contributed by atoms with van der Waals surface area (Å²) in [6, 6.07) is 0. The van der Waals surface area contributed by atoms with Gasteiger partial charge >= 0.3 is 5.97 Å². The summed E-state index contributed by atoms with van der Waals surface area (Å²) in [6.45, 7) is 4.30. The monoisotopic (exact) mass is 250 g/mol. The van der Waals surface area contributed by atoms with Crippen LogP contribution in [0.3, 0.4) is 0 Å². The third-order valence-electron chi connectivity index (χ3n) is 2.13. The number of hydrogen-bond acceptors (Lipinski definition) is 2. The standard InChI is InChI=1S/C10H19BrO2/c1-4-5-7-10(2,11)8-6-9(12)13-3/h4-8H2,1-3H3. The molecule has 13 heavy (non-hydrogen) atoms. The van der Waals surface area contributed by atoms with Gasteiger partial charge in [0.1, 0.15) is 0 Å². The van der Waals surface area contributed by atoms with E-state index in [-0.39, 0.29) is 10.3 Å². The number of methoxy groups -OCH3 is 1. The molecule has 78 valence electrons. The number of carbonyl (C=O) groups is 1. The summed E-state index contributed by atoms with van der Waals surface area (Å²) in [7, 11) is 1.43. The predicted molar refractivity (Wildman–Crippen MR) is 58.1 cm³/mol. The van der Waals surface area contributed by atoms with Crippen molar-refractivity contribution >= 4 is 21.9 Å². The minimum Gasteiger partial charge on any atom is -0.469 e. The van der Waals surface area contributed by atoms with Crippen LogP contribution in [0.1, 0.15) is 46.0 Å². The number of esters is 1. The van der Waals surface area contributed by atoms with E-state index in [1.54, 1.807) is 0 Å². The molecule has 0 saturated heterocycles. The number of halogens is 1. The zero-order chi connectivity index (χ0) is 10.3. The maximum Gasteiger partial charge on any atom is 0.305 e. The Balaban J connectivity index is 3.67. The maximum absolute atomic E-state index is 10.9. The van der Waals surface area contributed by atoms with Gasteiger partial charge in [-0.3, -0.25) is 4.79 Å². The van der Waals surface area contributed by atoms with Crippen molar-refractivity contribution in [3.8, 4) is 0 Å². The van der Waals surface area contributed by atoms with E-state index >= 15 is 0 Å². The van der Waals surface area contributed by atoms with Crippen molar-refractivity contribution in [1.29, 1.82) is 0 Å². The van der Waals surface area contributed by atoms with E-state index in [2.05, 4.69) is 34.5 Å². The molecular formula is C10H19BrO2. The molecule has 0 rings (SSSR count). The lowest BCUT2D eigenvalue weighted by atomic mass is 9.99. The lowest BCUT2D eigenvalue weighted by Gasteiger charge is -2.21. The van der Waals surface area contributed by atoms with Crippen molar-refractivity contribution in [3.63, 3.8) is 0 Å². The second-order valence-electron chi connectivity index (χ2n) is 3.59. The molecule has 0 aromatic carbocycles. The third-order valence-corrected chi connectivity index (χ3v) is 2.92. The van der Waals surface area contributed by atoms with Gasteiger partial charge in [-0.25, -0.2) is 0 Å². The number of carbonyl (C=O) groups excluding carboxylic acids is 1. The number of rotatable bonds is 6. The molecule has 0 N–H and O–H groups in total. The summed E-state index contributed by atoms with van der Waals surface area (Å²) in [5.41, 5.74) is 0. The van der Waals surface area contributed by atoms with Crippen LogP contribution in [0.25, 0.3) is 0 Å². The Labute approximate surface area is 89.2 Å². The van der Waals surface area contributed by atoms with Crippen molar-refractivity contribution in [3.05, 3.63) is 0 Å². The molecule has 1 atom stereocenters. The van der Waals surface area contributed by atoms with Crippen LogP contribution < -0.4 is 0 Å². The van der Waals surface area contributed by atoms with Gasteiger partial charge in [0.2, 0.25) is 0 Å². The summed E-state index contributed by atoms with van der Waals surface area (Å²) in [4.78, 5) is 10.9. The molecule has 0 heterocycles. The third kappa shape index (κ3) is 7.05. The summed E-state index contributed by atoms with van der Waals surface area (Å²) in [5.74, 6) is -0.123. The Bertz CT molecular complexity index is 155. The summed E-state index contributed by atoms with van der Waals surface area (Å²) in [6.07, 6.45) is 4.85. The highest BCUT2D eigenvalue weighted by atomic mass is 79.9. The topological polar surface area (TPSA) is 26.3 Å². The average molecular weight is 251 g/mol. The largest absolute Gasteiger partial charge is 0.469 e. The molecule has 0 aliphatic rings. The Kier molecular flexibility index (Phi) is 6.39. The highest BCUT2D eigenvalue weighted by Gasteiger charge is 2.20. The van der Waals surface area contributed by atoms with Crippen LogP contribution in [0.15, 0.2) is 0 Å². The van der Waals surface area contributed by atoms with Gasteiger partial charge in [0.15, 0.2) is 0 Å². The Hall–Kier alpha value is -0.0500. The van der Waals surface area contributed by atoms with Gasteiger partial charge in [-0.05, 0) is 19.8 Å². The molecule has 0 aliphatic heterocycles. The molecule has 0 radical (unpaired) electrons. The van der Waals surface area contributed by atoms with Crippen LogP contribution in [0.2, 0.25) is 0 Å². The summed E-state index contributed by atoms with van der Waals surface area (Å²) < 4.78 is 4.68. The number of ether oxygens (including phenoxy) is 1. The van der Waals surface area contributed by atoms with Gasteiger partial charge in [0.25, 0.3) is 0 Å². The first kappa shape index (κ1) is 12.9. The van der Waals surface area contributed by atoms with Crippen LogP contribution in [-0.4, -0.2) is 17.4 Å². The van der Waals surface area contributed by atoms with Crippen molar-refractivity contribution in [2.45, 2.75) is 50.3 Å². The molecule has 3 heteroatoms. The first-order valence-electron chi connectivity index (χ1n) is 4.77. The molecule has 0 aliphatic carbocycles. The molecule has 2 nitrogen and oxygen atoms in total. The Morgan fingerprint density at radius 3 is 2.54 bits per heavy atom. The van der Waals surface area contributed by atoms with E-state index in [4.69, 9.17) is 0 Å². The zero-order valence-electron chi connectivity index (χ0n) is 8.73. The lowest BCUT2D eigenvalue weighted by Crippen LogP contribution is -2.17. The van der Waals surface area contributed by atoms with E-state index in [0.29, 0.717) is 6.42 Å². The lowest BCUT2D eigenvalue weighted by molar-refractivity contribution is -0.140. The van der Waals surface area contributed by atoms with Crippen LogP contribution in [0, 0.1) is 0 Å². The smallest absolute Gasteiger partial charge is 0.305 e. The molecule has 0 fully saturated rings. The molecule has 0 spiro atoms. The number of unbranched alkanes of at least 4 members (excludes halogenated alkanes) is 1. The number of hydrogen-bond donors (Lipinski definition) is 0. The highest BCUT2D eigenvalue weighted by molar-refractivity contribution is 9.10. The molecule has 0 saturated carbocycles. The van der Waals surface area contributed by atoms with Crippen LogP contribution in [-0.2, 0) is 9.53 Å². The fraction of sp³-hybridized carbons (Fsp3) is 0.900. The SMILES string of the molecule is CCCCC(C)(Br)CCC(=O)OC. The van der Waals surface area contributed by atoms with Gasteiger partial charge in [0, 0.05) is 10.7 Å². The highest BCUT2D eigenvalue weighted by Crippen LogP contribution is 2.29. The van der Waals surface area contributed by atoms with Crippen LogP contribution in [0.4, 0.5) is 0 Å². The molecule has 1 unspecified atom stereocenters. The van der Waals surface area contributed by atoms with Crippen molar-refractivity contribution < 1.29 is 9.53 Å². The quantitative estimate of drug-likeness (QED) is 0.535. The van der Waals surface area contributed by atoms with Crippen LogP contribution in [0.5, 0.6) is 0 Å². The minimum absolute atomic E-state index is 0.0944. The maximum atomic E-state index is 10.9. The molecular weight excluding hydrogens is 232 g/mol. The number of alkyl halides is 1. The average Bonchev–Trinajstić information content (AvgIpc) is 2.11. The predicted octanol–water partition coefficient (Wildman–Crippen LogP) is 3.28. The molecule has 0 aromatic rings. The minimum atomic E-state index is -0.123. The van der Waals surface area contributed by atoms with E-state index in [9.17, 15) is 4.79 Å². The first-order chi connectivity index (χ1) is 6.02. The fourth-order valence-electron chi connectivity index (χ4n) is 1.14. The van der Waals surface area contributed by atoms with Gasteiger partial charge in [-0.15, -0.1) is 0 Å². The second kappa shape index (κ2) is 6.41. The van der Waals surface area contributed by atoms with Gasteiger partial charge in [0.05, 0.1) is 7.11 Å². The Morgan fingerprint density at radius 2 is 2.08 bits per heavy atom. The fourth-order valence-corrected chi connectivity index (χ4v) is 1.61. The molecule has 0 bridgehead atoms. The van der Waals surface area contributed by atoms with E-state index in [1.807, 2.05) is 0 Å². The first-order valence-corrected chi connectivity index (χ1v) is 5.57. The molecule has 0 aromatic heterocycles. The molecule has 0 amide bonds.